The van der Waals surface area contributed by atoms with E-state index in [0.29, 0.717) is 31.1 Å². The fraction of sp³-hybridized carbons (Fsp3) is 0.545. The van der Waals surface area contributed by atoms with Gasteiger partial charge in [0.2, 0.25) is 5.82 Å². The van der Waals surface area contributed by atoms with E-state index in [2.05, 4.69) is 10.3 Å². The summed E-state index contributed by atoms with van der Waals surface area (Å²) in [6.45, 7) is 3.19. The van der Waals surface area contributed by atoms with Crippen LogP contribution < -0.4 is 10.2 Å². The normalized spacial score (nSPS) is 10.2. The molecule has 1 rings (SSSR count). The molecule has 0 saturated carbocycles. The van der Waals surface area contributed by atoms with Crippen LogP contribution in [0.5, 0.6) is 0 Å². The quantitative estimate of drug-likeness (QED) is 0.562. The number of pyridine rings is 1. The van der Waals surface area contributed by atoms with Crippen LogP contribution in [-0.4, -0.2) is 41.8 Å². The van der Waals surface area contributed by atoms with Crippen LogP contribution in [0.4, 0.5) is 17.3 Å². The zero-order valence-corrected chi connectivity index (χ0v) is 10.6. The van der Waals surface area contributed by atoms with Crippen LogP contribution in [0.15, 0.2) is 12.1 Å². The highest BCUT2D eigenvalue weighted by atomic mass is 16.6. The Morgan fingerprint density at radius 1 is 1.56 bits per heavy atom. The molecule has 0 fully saturated rings. The molecular weight excluding hydrogens is 236 g/mol. The molecule has 0 atom stereocenters. The molecule has 0 bridgehead atoms. The average molecular weight is 254 g/mol. The summed E-state index contributed by atoms with van der Waals surface area (Å²) in [5.74, 6) is 0.917. The summed E-state index contributed by atoms with van der Waals surface area (Å²) in [5, 5.41) is 22.7. The van der Waals surface area contributed by atoms with Crippen molar-refractivity contribution in [2.24, 2.45) is 0 Å². The van der Waals surface area contributed by atoms with Gasteiger partial charge >= 0.3 is 5.69 Å². The summed E-state index contributed by atoms with van der Waals surface area (Å²) >= 11 is 0. The molecule has 100 valence electrons. The monoisotopic (exact) mass is 254 g/mol. The van der Waals surface area contributed by atoms with E-state index < -0.39 is 4.92 Å². The third kappa shape index (κ3) is 3.56. The van der Waals surface area contributed by atoms with Gasteiger partial charge in [-0.2, -0.15) is 0 Å². The number of aliphatic hydroxyl groups is 1. The maximum Gasteiger partial charge on any atom is 0.311 e. The maximum atomic E-state index is 10.9. The molecular formula is C11H18N4O3. The van der Waals surface area contributed by atoms with Crippen LogP contribution >= 0.6 is 0 Å². The second-order valence-corrected chi connectivity index (χ2v) is 3.83. The predicted molar refractivity (Wildman–Crippen MR) is 70.0 cm³/mol. The van der Waals surface area contributed by atoms with Crippen molar-refractivity contribution >= 4 is 17.3 Å². The van der Waals surface area contributed by atoms with E-state index in [9.17, 15) is 10.1 Å². The number of aromatic nitrogens is 1. The Hall–Kier alpha value is -1.89. The van der Waals surface area contributed by atoms with Crippen LogP contribution in [-0.2, 0) is 0 Å². The third-order valence-corrected chi connectivity index (χ3v) is 2.42. The van der Waals surface area contributed by atoms with E-state index in [1.54, 1.807) is 18.0 Å². The Morgan fingerprint density at radius 3 is 2.83 bits per heavy atom. The fourth-order valence-electron chi connectivity index (χ4n) is 1.56. The first-order valence-corrected chi connectivity index (χ1v) is 5.81. The second kappa shape index (κ2) is 6.75. The molecule has 18 heavy (non-hydrogen) atoms. The molecule has 0 amide bonds. The number of anilines is 2. The smallest absolute Gasteiger partial charge is 0.311 e. The zero-order valence-electron chi connectivity index (χ0n) is 10.6. The van der Waals surface area contributed by atoms with Gasteiger partial charge in [-0.1, -0.05) is 0 Å². The van der Waals surface area contributed by atoms with E-state index in [4.69, 9.17) is 5.11 Å². The van der Waals surface area contributed by atoms with E-state index in [1.165, 1.54) is 6.07 Å². The lowest BCUT2D eigenvalue weighted by molar-refractivity contribution is -0.384. The van der Waals surface area contributed by atoms with Crippen molar-refractivity contribution in [2.75, 3.05) is 37.0 Å². The summed E-state index contributed by atoms with van der Waals surface area (Å²) < 4.78 is 0. The lowest BCUT2D eigenvalue weighted by Crippen LogP contribution is -2.22. The number of hydrogen-bond acceptors (Lipinski definition) is 6. The van der Waals surface area contributed by atoms with Crippen molar-refractivity contribution in [2.45, 2.75) is 13.3 Å². The van der Waals surface area contributed by atoms with Gasteiger partial charge in [0.1, 0.15) is 5.82 Å². The first-order valence-electron chi connectivity index (χ1n) is 5.81. The summed E-state index contributed by atoms with van der Waals surface area (Å²) in [7, 11) is 1.72. The standard InChI is InChI=1S/C11H18N4O3/c1-3-12-10-6-5-9(15(17)18)11(13-10)14(2)7-4-8-16/h5-6,16H,3-4,7-8H2,1-2H3,(H,12,13). The van der Waals surface area contributed by atoms with Crippen LogP contribution in [0.2, 0.25) is 0 Å². The van der Waals surface area contributed by atoms with Crippen LogP contribution in [0.3, 0.4) is 0 Å². The lowest BCUT2D eigenvalue weighted by atomic mass is 10.3. The predicted octanol–water partition coefficient (Wildman–Crippen LogP) is 1.24. The lowest BCUT2D eigenvalue weighted by Gasteiger charge is -2.18. The van der Waals surface area contributed by atoms with Gasteiger partial charge in [-0.05, 0) is 19.4 Å². The Labute approximate surface area is 106 Å². The van der Waals surface area contributed by atoms with E-state index in [-0.39, 0.29) is 12.3 Å². The largest absolute Gasteiger partial charge is 0.396 e. The van der Waals surface area contributed by atoms with Gasteiger partial charge in [0.25, 0.3) is 0 Å². The van der Waals surface area contributed by atoms with E-state index in [1.807, 2.05) is 6.92 Å². The average Bonchev–Trinajstić information content (AvgIpc) is 2.36. The molecule has 0 aromatic carbocycles. The Kier molecular flexibility index (Phi) is 5.31. The minimum Gasteiger partial charge on any atom is -0.396 e. The first kappa shape index (κ1) is 14.2. The molecule has 0 aliphatic heterocycles. The molecule has 0 spiro atoms. The number of hydrogen-bond donors (Lipinski definition) is 2. The minimum absolute atomic E-state index is 0.0305. The molecule has 7 nitrogen and oxygen atoms in total. The number of nitrogens with one attached hydrogen (secondary N) is 1. The molecule has 0 unspecified atom stereocenters. The first-order chi connectivity index (χ1) is 8.60. The molecule has 0 aliphatic rings. The summed E-state index contributed by atoms with van der Waals surface area (Å²) in [6, 6.07) is 3.03. The zero-order chi connectivity index (χ0) is 13.5. The third-order valence-electron chi connectivity index (χ3n) is 2.42. The fourth-order valence-corrected chi connectivity index (χ4v) is 1.56. The van der Waals surface area contributed by atoms with Crippen molar-refractivity contribution < 1.29 is 10.0 Å². The number of rotatable bonds is 7. The van der Waals surface area contributed by atoms with Crippen molar-refractivity contribution in [1.82, 2.24) is 4.98 Å². The molecule has 0 radical (unpaired) electrons. The topological polar surface area (TPSA) is 91.5 Å². The van der Waals surface area contributed by atoms with Gasteiger partial charge in [-0.3, -0.25) is 10.1 Å². The van der Waals surface area contributed by atoms with Crippen LogP contribution in [0, 0.1) is 10.1 Å². The molecule has 1 aromatic heterocycles. The van der Waals surface area contributed by atoms with Crippen LogP contribution in [0.25, 0.3) is 0 Å². The SMILES string of the molecule is CCNc1ccc([N+](=O)[O-])c(N(C)CCCO)n1. The molecule has 0 saturated heterocycles. The summed E-state index contributed by atoms with van der Waals surface area (Å²) in [5.41, 5.74) is -0.0305. The van der Waals surface area contributed by atoms with Gasteiger partial charge < -0.3 is 15.3 Å². The van der Waals surface area contributed by atoms with Crippen molar-refractivity contribution in [1.29, 1.82) is 0 Å². The number of nitrogens with zero attached hydrogens (tertiary/aromatic N) is 3. The number of aliphatic hydroxyl groups excluding tert-OH is 1. The highest BCUT2D eigenvalue weighted by Crippen LogP contribution is 2.26. The second-order valence-electron chi connectivity index (χ2n) is 3.83. The Morgan fingerprint density at radius 2 is 2.28 bits per heavy atom. The van der Waals surface area contributed by atoms with Gasteiger partial charge in [0, 0.05) is 32.8 Å². The highest BCUT2D eigenvalue weighted by Gasteiger charge is 2.19. The van der Waals surface area contributed by atoms with Gasteiger partial charge in [-0.25, -0.2) is 4.98 Å². The van der Waals surface area contributed by atoms with Gasteiger partial charge in [0.15, 0.2) is 0 Å². The van der Waals surface area contributed by atoms with E-state index >= 15 is 0 Å². The van der Waals surface area contributed by atoms with Crippen molar-refractivity contribution in [3.63, 3.8) is 0 Å². The molecule has 2 N–H and O–H groups in total. The summed E-state index contributed by atoms with van der Waals surface area (Å²) in [4.78, 5) is 16.4. The Balaban J connectivity index is 3.02. The highest BCUT2D eigenvalue weighted by molar-refractivity contribution is 5.61. The van der Waals surface area contributed by atoms with Crippen molar-refractivity contribution in [3.05, 3.63) is 22.2 Å². The van der Waals surface area contributed by atoms with E-state index in [0.717, 1.165) is 0 Å². The Bertz CT molecular complexity index is 411. The molecule has 1 heterocycles. The van der Waals surface area contributed by atoms with Crippen LogP contribution in [0.1, 0.15) is 13.3 Å². The maximum absolute atomic E-state index is 10.9. The van der Waals surface area contributed by atoms with Gasteiger partial charge in [-0.15, -0.1) is 0 Å². The molecule has 1 aromatic rings. The minimum atomic E-state index is -0.451. The summed E-state index contributed by atoms with van der Waals surface area (Å²) in [6.07, 6.45) is 0.542. The van der Waals surface area contributed by atoms with Gasteiger partial charge in [0.05, 0.1) is 4.92 Å². The molecule has 0 aliphatic carbocycles. The molecule has 7 heteroatoms. The van der Waals surface area contributed by atoms with Crippen molar-refractivity contribution in [3.8, 4) is 0 Å². The number of nitro groups is 1.